The molecular weight excluding hydrogens is 208 g/mol. The van der Waals surface area contributed by atoms with Crippen molar-refractivity contribution in [1.82, 2.24) is 20.2 Å². The van der Waals surface area contributed by atoms with Crippen molar-refractivity contribution in [3.63, 3.8) is 0 Å². The van der Waals surface area contributed by atoms with Crippen molar-refractivity contribution >= 4 is 11.9 Å². The zero-order valence-electron chi connectivity index (χ0n) is 8.85. The van der Waals surface area contributed by atoms with Gasteiger partial charge in [-0.05, 0) is 12.8 Å². The van der Waals surface area contributed by atoms with E-state index in [4.69, 9.17) is 0 Å². The molecule has 6 nitrogen and oxygen atoms in total. The SMILES string of the molecule is O=C1CCC(NC(=O)n2ccnc2)CCN1. The number of carbonyl (C=O) groups is 2. The third-order valence-corrected chi connectivity index (χ3v) is 2.60. The van der Waals surface area contributed by atoms with Gasteiger partial charge in [-0.2, -0.15) is 0 Å². The van der Waals surface area contributed by atoms with Crippen LogP contribution >= 0.6 is 0 Å². The van der Waals surface area contributed by atoms with Crippen LogP contribution in [0.1, 0.15) is 19.3 Å². The second kappa shape index (κ2) is 4.78. The quantitative estimate of drug-likeness (QED) is 0.708. The van der Waals surface area contributed by atoms with E-state index in [9.17, 15) is 9.59 Å². The molecule has 6 heteroatoms. The van der Waals surface area contributed by atoms with Gasteiger partial charge >= 0.3 is 6.03 Å². The number of imidazole rings is 1. The first-order chi connectivity index (χ1) is 7.75. The van der Waals surface area contributed by atoms with Gasteiger partial charge < -0.3 is 10.6 Å². The van der Waals surface area contributed by atoms with Gasteiger partial charge in [-0.3, -0.25) is 9.36 Å². The highest BCUT2D eigenvalue weighted by Gasteiger charge is 2.18. The first-order valence-electron chi connectivity index (χ1n) is 5.31. The highest BCUT2D eigenvalue weighted by atomic mass is 16.2. The summed E-state index contributed by atoms with van der Waals surface area (Å²) in [5, 5.41) is 5.65. The molecule has 0 bridgehead atoms. The maximum absolute atomic E-state index is 11.7. The van der Waals surface area contributed by atoms with Crippen LogP contribution in [0.25, 0.3) is 0 Å². The Morgan fingerprint density at radius 2 is 2.44 bits per heavy atom. The van der Waals surface area contributed by atoms with Crippen LogP contribution in [0.3, 0.4) is 0 Å². The molecule has 2 rings (SSSR count). The minimum Gasteiger partial charge on any atom is -0.356 e. The summed E-state index contributed by atoms with van der Waals surface area (Å²) >= 11 is 0. The average molecular weight is 222 g/mol. The van der Waals surface area contributed by atoms with Gasteiger partial charge in [0.1, 0.15) is 6.33 Å². The lowest BCUT2D eigenvalue weighted by atomic mass is 10.1. The summed E-state index contributed by atoms with van der Waals surface area (Å²) in [7, 11) is 0. The number of rotatable bonds is 1. The van der Waals surface area contributed by atoms with E-state index in [2.05, 4.69) is 15.6 Å². The summed E-state index contributed by atoms with van der Waals surface area (Å²) in [5.74, 6) is 0.0550. The second-order valence-corrected chi connectivity index (χ2v) is 3.79. The lowest BCUT2D eigenvalue weighted by molar-refractivity contribution is -0.120. The van der Waals surface area contributed by atoms with Crippen molar-refractivity contribution in [2.45, 2.75) is 25.3 Å². The van der Waals surface area contributed by atoms with Crippen LogP contribution in [0.5, 0.6) is 0 Å². The summed E-state index contributed by atoms with van der Waals surface area (Å²) in [6, 6.07) is -0.148. The van der Waals surface area contributed by atoms with Crippen molar-refractivity contribution in [2.75, 3.05) is 6.54 Å². The molecule has 0 saturated carbocycles. The highest BCUT2D eigenvalue weighted by molar-refractivity contribution is 5.78. The molecule has 2 N–H and O–H groups in total. The van der Waals surface area contributed by atoms with Gasteiger partial charge in [0.15, 0.2) is 0 Å². The molecule has 0 radical (unpaired) electrons. The largest absolute Gasteiger partial charge is 0.356 e. The number of hydrogen-bond acceptors (Lipinski definition) is 3. The number of hydrogen-bond donors (Lipinski definition) is 2. The smallest absolute Gasteiger partial charge is 0.327 e. The van der Waals surface area contributed by atoms with Crippen LogP contribution in [-0.4, -0.2) is 34.1 Å². The molecule has 1 aliphatic heterocycles. The van der Waals surface area contributed by atoms with Crippen LogP contribution in [-0.2, 0) is 4.79 Å². The predicted molar refractivity (Wildman–Crippen MR) is 56.8 cm³/mol. The van der Waals surface area contributed by atoms with Crippen molar-refractivity contribution in [3.8, 4) is 0 Å². The minimum absolute atomic E-state index is 0.0499. The molecule has 1 unspecified atom stereocenters. The average Bonchev–Trinajstić information content (AvgIpc) is 2.72. The predicted octanol–water partition coefficient (Wildman–Crippen LogP) is 0.109. The third-order valence-electron chi connectivity index (χ3n) is 2.60. The van der Waals surface area contributed by atoms with Crippen molar-refractivity contribution in [3.05, 3.63) is 18.7 Å². The third kappa shape index (κ3) is 2.59. The van der Waals surface area contributed by atoms with E-state index in [0.29, 0.717) is 19.4 Å². The van der Waals surface area contributed by atoms with Crippen LogP contribution in [0.2, 0.25) is 0 Å². The Bertz CT molecular complexity index is 374. The Morgan fingerprint density at radius 1 is 1.56 bits per heavy atom. The van der Waals surface area contributed by atoms with E-state index in [1.807, 2.05) is 0 Å². The Labute approximate surface area is 93.0 Å². The zero-order chi connectivity index (χ0) is 11.4. The fourth-order valence-electron chi connectivity index (χ4n) is 1.70. The molecule has 2 amide bonds. The topological polar surface area (TPSA) is 76.0 Å². The van der Waals surface area contributed by atoms with Crippen molar-refractivity contribution in [1.29, 1.82) is 0 Å². The molecule has 0 aromatic carbocycles. The van der Waals surface area contributed by atoms with Crippen molar-refractivity contribution in [2.24, 2.45) is 0 Å². The molecular formula is C10H14N4O2. The molecule has 0 spiro atoms. The van der Waals surface area contributed by atoms with Gasteiger partial charge in [-0.15, -0.1) is 0 Å². The van der Waals surface area contributed by atoms with Gasteiger partial charge in [0.05, 0.1) is 0 Å². The molecule has 86 valence electrons. The molecule has 1 aliphatic rings. The normalized spacial score (nSPS) is 21.0. The van der Waals surface area contributed by atoms with Crippen LogP contribution in [0, 0.1) is 0 Å². The number of nitrogens with zero attached hydrogens (tertiary/aromatic N) is 2. The minimum atomic E-state index is -0.197. The lowest BCUT2D eigenvalue weighted by Gasteiger charge is -2.15. The maximum atomic E-state index is 11.7. The Morgan fingerprint density at radius 3 is 3.19 bits per heavy atom. The molecule has 0 aliphatic carbocycles. The highest BCUT2D eigenvalue weighted by Crippen LogP contribution is 2.06. The van der Waals surface area contributed by atoms with Gasteiger partial charge in [0, 0.05) is 31.4 Å². The summed E-state index contributed by atoms with van der Waals surface area (Å²) in [6.45, 7) is 0.619. The van der Waals surface area contributed by atoms with E-state index < -0.39 is 0 Å². The van der Waals surface area contributed by atoms with E-state index in [0.717, 1.165) is 6.42 Å². The summed E-state index contributed by atoms with van der Waals surface area (Å²) in [6.07, 6.45) is 6.52. The fourth-order valence-corrected chi connectivity index (χ4v) is 1.70. The summed E-state index contributed by atoms with van der Waals surface area (Å²) in [5.41, 5.74) is 0. The number of amides is 2. The Balaban J connectivity index is 1.89. The lowest BCUT2D eigenvalue weighted by Crippen LogP contribution is -2.37. The molecule has 1 saturated heterocycles. The molecule has 1 aromatic heterocycles. The van der Waals surface area contributed by atoms with Gasteiger partial charge in [0.25, 0.3) is 0 Å². The standard InChI is InChI=1S/C10H14N4O2/c15-9-2-1-8(3-4-12-9)13-10(16)14-6-5-11-7-14/h5-8H,1-4H2,(H,12,15)(H,13,16). The maximum Gasteiger partial charge on any atom is 0.327 e. The summed E-state index contributed by atoms with van der Waals surface area (Å²) in [4.78, 5) is 26.6. The van der Waals surface area contributed by atoms with Crippen molar-refractivity contribution < 1.29 is 9.59 Å². The fraction of sp³-hybridized carbons (Fsp3) is 0.500. The number of carbonyl (C=O) groups excluding carboxylic acids is 2. The van der Waals surface area contributed by atoms with Crippen LogP contribution in [0.4, 0.5) is 4.79 Å². The van der Waals surface area contributed by atoms with Gasteiger partial charge in [-0.1, -0.05) is 0 Å². The number of aromatic nitrogens is 2. The summed E-state index contributed by atoms with van der Waals surface area (Å²) < 4.78 is 1.39. The molecule has 1 atom stereocenters. The first-order valence-corrected chi connectivity index (χ1v) is 5.31. The molecule has 1 fully saturated rings. The van der Waals surface area contributed by atoms with Gasteiger partial charge in [-0.25, -0.2) is 9.78 Å². The van der Waals surface area contributed by atoms with Crippen LogP contribution < -0.4 is 10.6 Å². The van der Waals surface area contributed by atoms with Crippen LogP contribution in [0.15, 0.2) is 18.7 Å². The Kier molecular flexibility index (Phi) is 3.19. The molecule has 1 aromatic rings. The zero-order valence-corrected chi connectivity index (χ0v) is 8.85. The Hall–Kier alpha value is -1.85. The van der Waals surface area contributed by atoms with Gasteiger partial charge in [0.2, 0.25) is 5.91 Å². The second-order valence-electron chi connectivity index (χ2n) is 3.79. The van der Waals surface area contributed by atoms with E-state index >= 15 is 0 Å². The molecule has 16 heavy (non-hydrogen) atoms. The van der Waals surface area contributed by atoms with E-state index in [-0.39, 0.29) is 18.0 Å². The monoisotopic (exact) mass is 222 g/mol. The first kappa shape index (κ1) is 10.7. The number of nitrogens with one attached hydrogen (secondary N) is 2. The molecule has 2 heterocycles. The van der Waals surface area contributed by atoms with E-state index in [1.165, 1.54) is 10.9 Å². The van der Waals surface area contributed by atoms with E-state index in [1.54, 1.807) is 12.4 Å².